The molecule has 5 nitrogen and oxygen atoms in total. The van der Waals surface area contributed by atoms with Crippen molar-refractivity contribution in [3.63, 3.8) is 0 Å². The van der Waals surface area contributed by atoms with Gasteiger partial charge in [0.1, 0.15) is 6.61 Å². The van der Waals surface area contributed by atoms with Crippen LogP contribution in [0, 0.1) is 0 Å². The molecule has 0 spiro atoms. The average molecular weight is 556 g/mol. The molecular formula is C32H26ClNO4S. The lowest BCUT2D eigenvalue weighted by Crippen LogP contribution is -2.27. The highest BCUT2D eigenvalue weighted by Gasteiger charge is 2.36. The van der Waals surface area contributed by atoms with Crippen LogP contribution in [-0.2, 0) is 17.8 Å². The van der Waals surface area contributed by atoms with Gasteiger partial charge in [-0.3, -0.25) is 9.59 Å². The molecule has 0 aromatic heterocycles. The van der Waals surface area contributed by atoms with Gasteiger partial charge in [-0.1, -0.05) is 66.2 Å². The maximum absolute atomic E-state index is 13.2. The second-order valence-corrected chi connectivity index (χ2v) is 10.3. The summed E-state index contributed by atoms with van der Waals surface area (Å²) in [6, 6.07) is 24.8. The highest BCUT2D eigenvalue weighted by Crippen LogP contribution is 2.39. The number of benzene rings is 4. The molecule has 39 heavy (non-hydrogen) atoms. The number of rotatable bonds is 9. The first-order valence-corrected chi connectivity index (χ1v) is 13.7. The Morgan fingerprint density at radius 1 is 0.949 bits per heavy atom. The normalized spacial score (nSPS) is 14.3. The molecule has 2 amide bonds. The molecule has 0 saturated carbocycles. The van der Waals surface area contributed by atoms with Crippen molar-refractivity contribution < 1.29 is 19.1 Å². The van der Waals surface area contributed by atoms with E-state index in [4.69, 9.17) is 21.1 Å². The van der Waals surface area contributed by atoms with Crippen LogP contribution in [0.3, 0.4) is 0 Å². The van der Waals surface area contributed by atoms with E-state index in [1.807, 2.05) is 37.3 Å². The summed E-state index contributed by atoms with van der Waals surface area (Å²) in [6.07, 6.45) is 4.04. The number of anilines is 1. The molecule has 0 aliphatic carbocycles. The molecule has 1 aliphatic heterocycles. The Bertz CT molecular complexity index is 1610. The fourth-order valence-electron chi connectivity index (χ4n) is 4.53. The monoisotopic (exact) mass is 555 g/mol. The molecule has 4 aromatic carbocycles. The van der Waals surface area contributed by atoms with E-state index in [-0.39, 0.29) is 5.24 Å². The highest BCUT2D eigenvalue weighted by atomic mass is 35.5. The second kappa shape index (κ2) is 11.8. The predicted octanol–water partition coefficient (Wildman–Crippen LogP) is 8.44. The Morgan fingerprint density at radius 2 is 1.74 bits per heavy atom. The third kappa shape index (κ3) is 5.72. The highest BCUT2D eigenvalue weighted by molar-refractivity contribution is 8.19. The third-order valence-electron chi connectivity index (χ3n) is 6.23. The molecule has 0 radical (unpaired) electrons. The van der Waals surface area contributed by atoms with E-state index < -0.39 is 5.91 Å². The van der Waals surface area contributed by atoms with Gasteiger partial charge >= 0.3 is 0 Å². The zero-order valence-electron chi connectivity index (χ0n) is 21.4. The van der Waals surface area contributed by atoms with Gasteiger partial charge in [0.25, 0.3) is 11.1 Å². The molecule has 0 bridgehead atoms. The number of imide groups is 1. The Balaban J connectivity index is 1.48. The number of halogens is 1. The summed E-state index contributed by atoms with van der Waals surface area (Å²) < 4.78 is 12.4. The maximum atomic E-state index is 13.2. The topological polar surface area (TPSA) is 55.8 Å². The molecule has 0 atom stereocenters. The number of amides is 2. The smallest absolute Gasteiger partial charge is 0.298 e. The van der Waals surface area contributed by atoms with E-state index in [0.29, 0.717) is 46.7 Å². The van der Waals surface area contributed by atoms with Gasteiger partial charge in [-0.2, -0.15) is 0 Å². The Labute approximate surface area is 236 Å². The largest absolute Gasteiger partial charge is 0.490 e. The van der Waals surface area contributed by atoms with Crippen molar-refractivity contribution in [1.82, 2.24) is 0 Å². The fraction of sp³-hybridized carbons (Fsp3) is 0.125. The maximum Gasteiger partial charge on any atom is 0.298 e. The van der Waals surface area contributed by atoms with Crippen molar-refractivity contribution in [1.29, 1.82) is 0 Å². The number of nitrogens with zero attached hydrogens (tertiary/aromatic N) is 1. The summed E-state index contributed by atoms with van der Waals surface area (Å²) in [6.45, 7) is 6.61. The Kier molecular flexibility index (Phi) is 8.05. The van der Waals surface area contributed by atoms with Crippen molar-refractivity contribution in [3.05, 3.63) is 118 Å². The van der Waals surface area contributed by atoms with Gasteiger partial charge in [0.2, 0.25) is 0 Å². The molecule has 0 unspecified atom stereocenters. The number of thioether (sulfide) groups is 1. The third-order valence-corrected chi connectivity index (χ3v) is 7.33. The van der Waals surface area contributed by atoms with E-state index in [1.165, 1.54) is 0 Å². The SMILES string of the molecule is C=CCc1cc(/C=C2/SC(=O)N(c3cccc(Cl)c3)C2=O)cc(OCC)c1OCc1cccc2ccccc12. The van der Waals surface area contributed by atoms with Crippen LogP contribution in [0.1, 0.15) is 23.6 Å². The minimum atomic E-state index is -0.397. The molecular weight excluding hydrogens is 530 g/mol. The first-order chi connectivity index (χ1) is 19.0. The summed E-state index contributed by atoms with van der Waals surface area (Å²) in [5.41, 5.74) is 3.10. The number of allylic oxidation sites excluding steroid dienone is 1. The summed E-state index contributed by atoms with van der Waals surface area (Å²) in [5, 5.41) is 2.36. The number of carbonyl (C=O) groups excluding carboxylic acids is 2. The minimum absolute atomic E-state index is 0.316. The van der Waals surface area contributed by atoms with Gasteiger partial charge in [0, 0.05) is 10.6 Å². The standard InChI is InChI=1S/C32H26ClNO4S/c1-3-9-23-16-21(18-29-31(35)34(32(36)39-29)26-14-8-13-25(33)19-26)17-28(37-4-2)30(23)38-20-24-12-7-11-22-10-5-6-15-27(22)24/h3,5-8,10-19H,1,4,9,20H2,2H3/b29-18+. The predicted molar refractivity (Wildman–Crippen MR) is 160 cm³/mol. The lowest BCUT2D eigenvalue weighted by molar-refractivity contribution is -0.113. The van der Waals surface area contributed by atoms with Gasteiger partial charge in [-0.15, -0.1) is 6.58 Å². The quantitative estimate of drug-likeness (QED) is 0.153. The molecule has 1 saturated heterocycles. The lowest BCUT2D eigenvalue weighted by Gasteiger charge is -2.17. The van der Waals surface area contributed by atoms with Gasteiger partial charge in [0.15, 0.2) is 11.5 Å². The first-order valence-electron chi connectivity index (χ1n) is 12.5. The zero-order chi connectivity index (χ0) is 27.4. The van der Waals surface area contributed by atoms with Crippen LogP contribution in [0.4, 0.5) is 10.5 Å². The van der Waals surface area contributed by atoms with Gasteiger partial charge in [0.05, 0.1) is 17.2 Å². The van der Waals surface area contributed by atoms with Gasteiger partial charge in [-0.05, 0) is 83.4 Å². The van der Waals surface area contributed by atoms with E-state index >= 15 is 0 Å². The van der Waals surface area contributed by atoms with Crippen LogP contribution in [0.15, 0.2) is 96.4 Å². The fourth-order valence-corrected chi connectivity index (χ4v) is 5.55. The van der Waals surface area contributed by atoms with Gasteiger partial charge < -0.3 is 9.47 Å². The number of ether oxygens (including phenoxy) is 2. The summed E-state index contributed by atoms with van der Waals surface area (Å²) >= 11 is 6.97. The minimum Gasteiger partial charge on any atom is -0.490 e. The van der Waals surface area contributed by atoms with Crippen LogP contribution in [0.2, 0.25) is 5.02 Å². The number of hydrogen-bond acceptors (Lipinski definition) is 5. The van der Waals surface area contributed by atoms with Gasteiger partial charge in [-0.25, -0.2) is 4.90 Å². The van der Waals surface area contributed by atoms with E-state index in [9.17, 15) is 9.59 Å². The summed E-state index contributed by atoms with van der Waals surface area (Å²) in [4.78, 5) is 27.4. The molecule has 4 aromatic rings. The van der Waals surface area contributed by atoms with Crippen molar-refractivity contribution in [2.75, 3.05) is 11.5 Å². The van der Waals surface area contributed by atoms with Crippen LogP contribution >= 0.6 is 23.4 Å². The van der Waals surface area contributed by atoms with E-state index in [1.54, 1.807) is 36.4 Å². The molecule has 1 fully saturated rings. The van der Waals surface area contributed by atoms with E-state index in [0.717, 1.165) is 44.1 Å². The molecule has 1 aliphatic rings. The van der Waals surface area contributed by atoms with Crippen molar-refractivity contribution in [2.45, 2.75) is 20.0 Å². The van der Waals surface area contributed by atoms with Crippen LogP contribution in [0.5, 0.6) is 11.5 Å². The van der Waals surface area contributed by atoms with Crippen LogP contribution in [-0.4, -0.2) is 17.8 Å². The number of carbonyl (C=O) groups is 2. The average Bonchev–Trinajstić information content (AvgIpc) is 3.20. The molecule has 0 N–H and O–H groups in total. The van der Waals surface area contributed by atoms with Crippen molar-refractivity contribution in [3.8, 4) is 11.5 Å². The molecule has 5 rings (SSSR count). The Hall–Kier alpha value is -4.00. The molecule has 7 heteroatoms. The zero-order valence-corrected chi connectivity index (χ0v) is 22.9. The summed E-state index contributed by atoms with van der Waals surface area (Å²) in [5.74, 6) is 0.804. The van der Waals surface area contributed by atoms with E-state index in [2.05, 4.69) is 30.8 Å². The van der Waals surface area contributed by atoms with Crippen LogP contribution < -0.4 is 14.4 Å². The number of hydrogen-bond donors (Lipinski definition) is 0. The summed E-state index contributed by atoms with van der Waals surface area (Å²) in [7, 11) is 0. The Morgan fingerprint density at radius 3 is 2.54 bits per heavy atom. The first kappa shape index (κ1) is 26.6. The van der Waals surface area contributed by atoms with Crippen LogP contribution in [0.25, 0.3) is 16.8 Å². The van der Waals surface area contributed by atoms with Crippen molar-refractivity contribution in [2.24, 2.45) is 0 Å². The number of fused-ring (bicyclic) bond motifs is 1. The molecule has 1 heterocycles. The lowest BCUT2D eigenvalue weighted by atomic mass is 10.0. The molecule has 196 valence electrons. The van der Waals surface area contributed by atoms with Crippen molar-refractivity contribution >= 4 is 57.0 Å². The second-order valence-electron chi connectivity index (χ2n) is 8.86.